The van der Waals surface area contributed by atoms with Gasteiger partial charge in [0.15, 0.2) is 12.7 Å². The quantitative estimate of drug-likeness (QED) is 0.881. The molecule has 2 aromatic heterocycles. The van der Waals surface area contributed by atoms with Gasteiger partial charge in [0, 0.05) is 6.20 Å². The van der Waals surface area contributed by atoms with Crippen LogP contribution in [0, 0.1) is 12.3 Å². The fraction of sp³-hybridized carbons (Fsp3) is 0.533. The Kier molecular flexibility index (Phi) is 4.38. The fourth-order valence-electron chi connectivity index (χ4n) is 1.92. The highest BCUT2D eigenvalue weighted by Gasteiger charge is 2.15. The molecule has 4 nitrogen and oxygen atoms in total. The maximum Gasteiger partial charge on any atom is 0.225 e. The molecular formula is C15H23N4S+. The summed E-state index contributed by atoms with van der Waals surface area (Å²) < 4.78 is 2.16. The van der Waals surface area contributed by atoms with Gasteiger partial charge in [-0.05, 0) is 25.2 Å². The van der Waals surface area contributed by atoms with Crippen molar-refractivity contribution in [2.24, 2.45) is 5.41 Å². The van der Waals surface area contributed by atoms with E-state index in [1.165, 1.54) is 11.3 Å². The molecule has 0 atom stereocenters. The topological polar surface area (TPSA) is 55.7 Å². The van der Waals surface area contributed by atoms with Gasteiger partial charge < -0.3 is 5.73 Å². The summed E-state index contributed by atoms with van der Waals surface area (Å²) in [6.07, 6.45) is 6.34. The van der Waals surface area contributed by atoms with E-state index in [0.29, 0.717) is 17.1 Å². The number of nitrogens with two attached hydrogens (primary N) is 1. The van der Waals surface area contributed by atoms with Crippen LogP contribution in [0.5, 0.6) is 0 Å². The zero-order valence-corrected chi connectivity index (χ0v) is 13.5. The predicted octanol–water partition coefficient (Wildman–Crippen LogP) is 2.74. The molecule has 108 valence electrons. The largest absolute Gasteiger partial charge is 0.383 e. The third kappa shape index (κ3) is 4.27. The maximum absolute atomic E-state index is 5.93. The van der Waals surface area contributed by atoms with Crippen molar-refractivity contribution < 1.29 is 4.57 Å². The lowest BCUT2D eigenvalue weighted by molar-refractivity contribution is -0.683. The van der Waals surface area contributed by atoms with E-state index in [1.54, 1.807) is 11.3 Å². The first-order chi connectivity index (χ1) is 9.33. The van der Waals surface area contributed by atoms with E-state index in [4.69, 9.17) is 5.73 Å². The molecule has 0 aliphatic rings. The molecule has 0 radical (unpaired) electrons. The summed E-state index contributed by atoms with van der Waals surface area (Å²) in [4.78, 5) is 9.82. The molecule has 2 aromatic rings. The number of hydrogen-bond donors (Lipinski definition) is 1. The monoisotopic (exact) mass is 291 g/mol. The number of rotatable bonds is 4. The number of thiazole rings is 1. The van der Waals surface area contributed by atoms with E-state index in [9.17, 15) is 0 Å². The van der Waals surface area contributed by atoms with Gasteiger partial charge in [-0.25, -0.2) is 9.97 Å². The number of hydrogen-bond acceptors (Lipinski definition) is 4. The summed E-state index contributed by atoms with van der Waals surface area (Å²) in [5, 5.41) is 0. The molecule has 2 heterocycles. The van der Waals surface area contributed by atoms with Crippen molar-refractivity contribution in [3.8, 4) is 0 Å². The highest BCUT2D eigenvalue weighted by molar-refractivity contribution is 7.09. The van der Waals surface area contributed by atoms with Crippen molar-refractivity contribution in [1.82, 2.24) is 9.97 Å². The molecule has 2 rings (SSSR count). The second-order valence-electron chi connectivity index (χ2n) is 6.38. The highest BCUT2D eigenvalue weighted by Crippen LogP contribution is 2.22. The summed E-state index contributed by atoms with van der Waals surface area (Å²) in [7, 11) is 0. The number of aryl methyl sites for hydroxylation is 2. The summed E-state index contributed by atoms with van der Waals surface area (Å²) in [6.45, 7) is 9.41. The highest BCUT2D eigenvalue weighted by atomic mass is 32.1. The molecule has 0 aliphatic heterocycles. The average Bonchev–Trinajstić information content (AvgIpc) is 2.77. The molecule has 0 amide bonds. The van der Waals surface area contributed by atoms with Crippen molar-refractivity contribution in [1.29, 1.82) is 0 Å². The summed E-state index contributed by atoms with van der Waals surface area (Å²) in [5.74, 6) is 1.29. The van der Waals surface area contributed by atoms with E-state index in [2.05, 4.69) is 47.0 Å². The number of nitrogen functional groups attached to an aromatic ring is 1. The lowest BCUT2D eigenvalue weighted by Gasteiger charge is -2.16. The standard InChI is InChI=1S/C15H23N4S/c1-11-17-7-12(14(16)18-11)8-19-9-13(20-10-19)5-6-15(2,3)4/h7,9-10H,5-6,8H2,1-4H3,(H2,16,17,18)/q+1. The molecule has 2 N–H and O–H groups in total. The van der Waals surface area contributed by atoms with Crippen molar-refractivity contribution >= 4 is 17.2 Å². The first-order valence-electron chi connectivity index (χ1n) is 6.88. The van der Waals surface area contributed by atoms with Gasteiger partial charge in [0.05, 0.1) is 10.4 Å². The van der Waals surface area contributed by atoms with E-state index in [1.807, 2.05) is 13.1 Å². The minimum atomic E-state index is 0.379. The molecule has 0 saturated heterocycles. The van der Waals surface area contributed by atoms with Crippen LogP contribution >= 0.6 is 11.3 Å². The van der Waals surface area contributed by atoms with Gasteiger partial charge in [-0.2, -0.15) is 4.57 Å². The van der Waals surface area contributed by atoms with Crippen LogP contribution in [0.4, 0.5) is 5.82 Å². The third-order valence-electron chi connectivity index (χ3n) is 3.14. The molecular weight excluding hydrogens is 268 g/mol. The van der Waals surface area contributed by atoms with Crippen LogP contribution < -0.4 is 10.3 Å². The second kappa shape index (κ2) is 5.87. The van der Waals surface area contributed by atoms with Crippen molar-refractivity contribution in [2.45, 2.75) is 47.1 Å². The Hall–Kier alpha value is -1.49. The Morgan fingerprint density at radius 1 is 1.35 bits per heavy atom. The molecule has 0 saturated carbocycles. The number of nitrogens with zero attached hydrogens (tertiary/aromatic N) is 3. The Labute approximate surface area is 124 Å². The first kappa shape index (κ1) is 14.9. The fourth-order valence-corrected chi connectivity index (χ4v) is 2.74. The Balaban J connectivity index is 2.02. The zero-order chi connectivity index (χ0) is 14.8. The van der Waals surface area contributed by atoms with E-state index < -0.39 is 0 Å². The third-order valence-corrected chi connectivity index (χ3v) is 4.13. The van der Waals surface area contributed by atoms with Crippen LogP contribution in [0.1, 0.15) is 43.5 Å². The van der Waals surface area contributed by atoms with Crippen LogP contribution in [-0.4, -0.2) is 9.97 Å². The summed E-state index contributed by atoms with van der Waals surface area (Å²) in [6, 6.07) is 0. The van der Waals surface area contributed by atoms with Gasteiger partial charge in [0.1, 0.15) is 11.6 Å². The molecule has 0 bridgehead atoms. The zero-order valence-electron chi connectivity index (χ0n) is 12.7. The van der Waals surface area contributed by atoms with Crippen LogP contribution in [0.2, 0.25) is 0 Å². The minimum Gasteiger partial charge on any atom is -0.383 e. The van der Waals surface area contributed by atoms with Crippen LogP contribution in [-0.2, 0) is 13.0 Å². The van der Waals surface area contributed by atoms with Crippen LogP contribution in [0.3, 0.4) is 0 Å². The van der Waals surface area contributed by atoms with Crippen molar-refractivity contribution in [3.05, 3.63) is 34.2 Å². The van der Waals surface area contributed by atoms with Crippen molar-refractivity contribution in [2.75, 3.05) is 5.73 Å². The molecule has 0 fully saturated rings. The molecule has 0 unspecified atom stereocenters. The smallest absolute Gasteiger partial charge is 0.225 e. The Bertz CT molecular complexity index is 584. The lowest BCUT2D eigenvalue weighted by atomic mass is 9.90. The van der Waals surface area contributed by atoms with Gasteiger partial charge in [-0.3, -0.25) is 0 Å². The summed E-state index contributed by atoms with van der Waals surface area (Å²) >= 11 is 1.80. The number of anilines is 1. The molecule has 5 heteroatoms. The van der Waals surface area contributed by atoms with Crippen molar-refractivity contribution in [3.63, 3.8) is 0 Å². The Morgan fingerprint density at radius 2 is 2.10 bits per heavy atom. The van der Waals surface area contributed by atoms with E-state index in [-0.39, 0.29) is 0 Å². The minimum absolute atomic E-state index is 0.379. The van der Waals surface area contributed by atoms with Crippen LogP contribution in [0.25, 0.3) is 0 Å². The SMILES string of the molecule is Cc1ncc(C[n+]2csc(CCC(C)(C)C)c2)c(N)n1. The van der Waals surface area contributed by atoms with Gasteiger partial charge in [0.2, 0.25) is 5.51 Å². The second-order valence-corrected chi connectivity index (χ2v) is 7.35. The number of aromatic nitrogens is 3. The molecule has 0 aromatic carbocycles. The van der Waals surface area contributed by atoms with Gasteiger partial charge >= 0.3 is 0 Å². The van der Waals surface area contributed by atoms with Gasteiger partial charge in [-0.15, -0.1) is 0 Å². The Morgan fingerprint density at radius 3 is 2.75 bits per heavy atom. The van der Waals surface area contributed by atoms with Gasteiger partial charge in [-0.1, -0.05) is 32.1 Å². The molecule has 0 aliphatic carbocycles. The van der Waals surface area contributed by atoms with Crippen LogP contribution in [0.15, 0.2) is 17.9 Å². The maximum atomic E-state index is 5.93. The first-order valence-corrected chi connectivity index (χ1v) is 7.76. The average molecular weight is 291 g/mol. The molecule has 0 spiro atoms. The van der Waals surface area contributed by atoms with E-state index >= 15 is 0 Å². The lowest BCUT2D eigenvalue weighted by Crippen LogP contribution is -2.31. The van der Waals surface area contributed by atoms with E-state index in [0.717, 1.165) is 18.5 Å². The van der Waals surface area contributed by atoms with Gasteiger partial charge in [0.25, 0.3) is 0 Å². The molecule has 20 heavy (non-hydrogen) atoms. The predicted molar refractivity (Wildman–Crippen MR) is 82.6 cm³/mol. The normalized spacial score (nSPS) is 11.8. The summed E-state index contributed by atoms with van der Waals surface area (Å²) in [5.41, 5.74) is 9.42.